The summed E-state index contributed by atoms with van der Waals surface area (Å²) in [6.45, 7) is 8.78. The van der Waals surface area contributed by atoms with Crippen LogP contribution in [0.4, 0.5) is 0 Å². The van der Waals surface area contributed by atoms with Crippen LogP contribution in [0.5, 0.6) is 0 Å². The standard InChI is InChI=1S/C15H28ClN3/c1-5-6-7-8-9-10-11-13-17-18-14(12-16)19(13)15(2,3)4/h5-12H2,1-4H3. The molecule has 0 saturated heterocycles. The minimum Gasteiger partial charge on any atom is -0.309 e. The summed E-state index contributed by atoms with van der Waals surface area (Å²) < 4.78 is 2.20. The molecule has 110 valence electrons. The van der Waals surface area contributed by atoms with E-state index in [9.17, 15) is 0 Å². The van der Waals surface area contributed by atoms with Crippen molar-refractivity contribution in [2.24, 2.45) is 0 Å². The molecule has 1 aromatic rings. The van der Waals surface area contributed by atoms with Crippen LogP contribution in [0.3, 0.4) is 0 Å². The van der Waals surface area contributed by atoms with Crippen LogP contribution >= 0.6 is 11.6 Å². The van der Waals surface area contributed by atoms with E-state index in [4.69, 9.17) is 11.6 Å². The number of nitrogens with zero attached hydrogens (tertiary/aromatic N) is 3. The van der Waals surface area contributed by atoms with Gasteiger partial charge in [0.1, 0.15) is 11.6 Å². The summed E-state index contributed by atoms with van der Waals surface area (Å²) in [4.78, 5) is 0. The van der Waals surface area contributed by atoms with Gasteiger partial charge >= 0.3 is 0 Å². The van der Waals surface area contributed by atoms with Crippen LogP contribution in [0.1, 0.15) is 77.9 Å². The van der Waals surface area contributed by atoms with E-state index in [1.807, 2.05) is 0 Å². The first-order chi connectivity index (χ1) is 9.00. The van der Waals surface area contributed by atoms with Gasteiger partial charge in [-0.15, -0.1) is 21.8 Å². The summed E-state index contributed by atoms with van der Waals surface area (Å²) >= 11 is 5.95. The molecule has 0 atom stereocenters. The Hall–Kier alpha value is -0.570. The van der Waals surface area contributed by atoms with E-state index in [2.05, 4.69) is 42.5 Å². The van der Waals surface area contributed by atoms with Gasteiger partial charge in [0.15, 0.2) is 0 Å². The maximum Gasteiger partial charge on any atom is 0.148 e. The molecule has 1 aromatic heterocycles. The monoisotopic (exact) mass is 285 g/mol. The van der Waals surface area contributed by atoms with E-state index in [-0.39, 0.29) is 5.54 Å². The van der Waals surface area contributed by atoms with Gasteiger partial charge in [-0.05, 0) is 27.2 Å². The van der Waals surface area contributed by atoms with Crippen molar-refractivity contribution in [2.45, 2.75) is 84.1 Å². The van der Waals surface area contributed by atoms with Crippen molar-refractivity contribution in [3.05, 3.63) is 11.6 Å². The maximum atomic E-state index is 5.95. The second-order valence-electron chi connectivity index (χ2n) is 6.19. The molecular weight excluding hydrogens is 258 g/mol. The highest BCUT2D eigenvalue weighted by atomic mass is 35.5. The summed E-state index contributed by atoms with van der Waals surface area (Å²) in [6.07, 6.45) is 8.84. The van der Waals surface area contributed by atoms with Crippen molar-refractivity contribution in [3.8, 4) is 0 Å². The van der Waals surface area contributed by atoms with Gasteiger partial charge < -0.3 is 4.57 Å². The molecular formula is C15H28ClN3. The molecule has 0 saturated carbocycles. The molecule has 0 N–H and O–H groups in total. The number of rotatable bonds is 8. The summed E-state index contributed by atoms with van der Waals surface area (Å²) in [5.74, 6) is 2.40. The van der Waals surface area contributed by atoms with Gasteiger partial charge in [-0.25, -0.2) is 0 Å². The Kier molecular flexibility index (Phi) is 6.84. The molecule has 0 radical (unpaired) electrons. The van der Waals surface area contributed by atoms with Crippen LogP contribution in [-0.4, -0.2) is 14.8 Å². The Labute approximate surface area is 122 Å². The Morgan fingerprint density at radius 1 is 0.947 bits per heavy atom. The normalized spacial score (nSPS) is 12.1. The number of aryl methyl sites for hydroxylation is 1. The highest BCUT2D eigenvalue weighted by Gasteiger charge is 2.21. The molecule has 0 amide bonds. The zero-order chi connectivity index (χ0) is 14.3. The lowest BCUT2D eigenvalue weighted by molar-refractivity contribution is 0.370. The van der Waals surface area contributed by atoms with Gasteiger partial charge in [-0.2, -0.15) is 0 Å². The Balaban J connectivity index is 2.52. The summed E-state index contributed by atoms with van der Waals surface area (Å²) in [6, 6.07) is 0. The highest BCUT2D eigenvalue weighted by molar-refractivity contribution is 6.16. The van der Waals surface area contributed by atoms with Gasteiger partial charge in [0, 0.05) is 12.0 Å². The van der Waals surface area contributed by atoms with Crippen LogP contribution in [-0.2, 0) is 17.8 Å². The fourth-order valence-electron chi connectivity index (χ4n) is 2.44. The predicted octanol–water partition coefficient (Wildman–Crippen LogP) is 4.67. The zero-order valence-electron chi connectivity index (χ0n) is 12.9. The topological polar surface area (TPSA) is 30.7 Å². The first kappa shape index (κ1) is 16.5. The average molecular weight is 286 g/mol. The molecule has 1 rings (SSSR count). The SMILES string of the molecule is CCCCCCCCc1nnc(CCl)n1C(C)(C)C. The molecule has 0 spiro atoms. The third-order valence-corrected chi connectivity index (χ3v) is 3.58. The molecule has 0 aliphatic carbocycles. The van der Waals surface area contributed by atoms with Crippen molar-refractivity contribution < 1.29 is 0 Å². The molecule has 0 bridgehead atoms. The van der Waals surface area contributed by atoms with Gasteiger partial charge in [0.25, 0.3) is 0 Å². The molecule has 0 unspecified atom stereocenters. The van der Waals surface area contributed by atoms with E-state index in [1.165, 1.54) is 38.5 Å². The van der Waals surface area contributed by atoms with E-state index >= 15 is 0 Å². The Bertz CT molecular complexity index is 366. The molecule has 0 aliphatic heterocycles. The lowest BCUT2D eigenvalue weighted by Gasteiger charge is -2.24. The Morgan fingerprint density at radius 3 is 2.11 bits per heavy atom. The van der Waals surface area contributed by atoms with E-state index < -0.39 is 0 Å². The van der Waals surface area contributed by atoms with E-state index in [0.29, 0.717) is 5.88 Å². The molecule has 19 heavy (non-hydrogen) atoms. The van der Waals surface area contributed by atoms with Gasteiger partial charge in [0.2, 0.25) is 0 Å². The first-order valence-electron chi connectivity index (χ1n) is 7.50. The zero-order valence-corrected chi connectivity index (χ0v) is 13.6. The number of hydrogen-bond acceptors (Lipinski definition) is 2. The average Bonchev–Trinajstić information content (AvgIpc) is 2.76. The molecule has 4 heteroatoms. The second kappa shape index (κ2) is 7.88. The second-order valence-corrected chi connectivity index (χ2v) is 6.46. The largest absolute Gasteiger partial charge is 0.309 e. The quantitative estimate of drug-likeness (QED) is 0.513. The van der Waals surface area contributed by atoms with Crippen molar-refractivity contribution in [1.29, 1.82) is 0 Å². The van der Waals surface area contributed by atoms with Crippen molar-refractivity contribution in [2.75, 3.05) is 0 Å². The van der Waals surface area contributed by atoms with Gasteiger partial charge in [-0.1, -0.05) is 39.0 Å². The minimum atomic E-state index is 0.00523. The highest BCUT2D eigenvalue weighted by Crippen LogP contribution is 2.21. The summed E-state index contributed by atoms with van der Waals surface area (Å²) in [5, 5.41) is 8.53. The summed E-state index contributed by atoms with van der Waals surface area (Å²) in [5.41, 5.74) is 0.00523. The molecule has 3 nitrogen and oxygen atoms in total. The first-order valence-corrected chi connectivity index (χ1v) is 8.03. The fourth-order valence-corrected chi connectivity index (χ4v) is 2.61. The van der Waals surface area contributed by atoms with Crippen molar-refractivity contribution in [3.63, 3.8) is 0 Å². The number of unbranched alkanes of at least 4 members (excludes halogenated alkanes) is 5. The predicted molar refractivity (Wildman–Crippen MR) is 81.7 cm³/mol. The molecule has 1 heterocycles. The number of alkyl halides is 1. The van der Waals surface area contributed by atoms with E-state index in [1.54, 1.807) is 0 Å². The van der Waals surface area contributed by atoms with Crippen LogP contribution in [0.25, 0.3) is 0 Å². The van der Waals surface area contributed by atoms with Crippen LogP contribution in [0.15, 0.2) is 0 Å². The van der Waals surface area contributed by atoms with E-state index in [0.717, 1.165) is 18.1 Å². The third kappa shape index (κ3) is 5.13. The molecule has 0 aromatic carbocycles. The summed E-state index contributed by atoms with van der Waals surface area (Å²) in [7, 11) is 0. The van der Waals surface area contributed by atoms with Crippen LogP contribution in [0, 0.1) is 0 Å². The number of halogens is 1. The van der Waals surface area contributed by atoms with Crippen LogP contribution < -0.4 is 0 Å². The molecule has 0 aliphatic rings. The minimum absolute atomic E-state index is 0.00523. The lowest BCUT2D eigenvalue weighted by Crippen LogP contribution is -2.26. The third-order valence-electron chi connectivity index (χ3n) is 3.34. The Morgan fingerprint density at radius 2 is 1.53 bits per heavy atom. The smallest absolute Gasteiger partial charge is 0.148 e. The lowest BCUT2D eigenvalue weighted by atomic mass is 10.1. The van der Waals surface area contributed by atoms with Crippen LogP contribution in [0.2, 0.25) is 0 Å². The number of hydrogen-bond donors (Lipinski definition) is 0. The van der Waals surface area contributed by atoms with Gasteiger partial charge in [0.05, 0.1) is 5.88 Å². The maximum absolute atomic E-state index is 5.95. The number of aromatic nitrogens is 3. The fraction of sp³-hybridized carbons (Fsp3) is 0.867. The molecule has 0 fully saturated rings. The van der Waals surface area contributed by atoms with Crippen molar-refractivity contribution in [1.82, 2.24) is 14.8 Å². The van der Waals surface area contributed by atoms with Crippen molar-refractivity contribution >= 4 is 11.6 Å². The van der Waals surface area contributed by atoms with Gasteiger partial charge in [-0.3, -0.25) is 0 Å².